The van der Waals surface area contributed by atoms with E-state index in [4.69, 9.17) is 0 Å². The minimum absolute atomic E-state index is 0.0900. The average Bonchev–Trinajstić information content (AvgIpc) is 3.21. The Morgan fingerprint density at radius 2 is 1.30 bits per heavy atom. The summed E-state index contributed by atoms with van der Waals surface area (Å²) >= 11 is 0. The third-order valence-electron chi connectivity index (χ3n) is 8.29. The predicted octanol–water partition coefficient (Wildman–Crippen LogP) is 6.56. The fourth-order valence-electron chi connectivity index (χ4n) is 6.04. The summed E-state index contributed by atoms with van der Waals surface area (Å²) in [6.45, 7) is 9.28. The second-order valence-corrected chi connectivity index (χ2v) is 11.7. The van der Waals surface area contributed by atoms with Gasteiger partial charge in [-0.25, -0.2) is 0 Å². The molecular weight excluding hydrogens is 455 g/mol. The van der Waals surface area contributed by atoms with Gasteiger partial charge in [0, 0.05) is 33.3 Å². The summed E-state index contributed by atoms with van der Waals surface area (Å²) in [6.07, 6.45) is 2.31. The average molecular weight is 488 g/mol. The van der Waals surface area contributed by atoms with E-state index >= 15 is 0 Å². The van der Waals surface area contributed by atoms with Crippen LogP contribution in [0.15, 0.2) is 84.9 Å². The predicted molar refractivity (Wildman–Crippen MR) is 156 cm³/mol. The van der Waals surface area contributed by atoms with Gasteiger partial charge in [-0.15, -0.1) is 0 Å². The van der Waals surface area contributed by atoms with Gasteiger partial charge in [-0.1, -0.05) is 76.2 Å². The third-order valence-corrected chi connectivity index (χ3v) is 8.29. The summed E-state index contributed by atoms with van der Waals surface area (Å²) in [5, 5.41) is 26.3. The van der Waals surface area contributed by atoms with E-state index in [1.165, 1.54) is 28.3 Å². The first-order valence-corrected chi connectivity index (χ1v) is 13.1. The number of hydrogen-bond acceptors (Lipinski definition) is 3. The Bertz CT molecular complexity index is 1590. The summed E-state index contributed by atoms with van der Waals surface area (Å²) in [4.78, 5) is 0. The number of fused-ring (bicyclic) bond motifs is 4. The van der Waals surface area contributed by atoms with Crippen LogP contribution >= 0.6 is 0 Å². The maximum Gasteiger partial charge on any atom is 0.490 e. The van der Waals surface area contributed by atoms with Crippen LogP contribution in [0.5, 0.6) is 0 Å². The number of nitrogens with one attached hydrogen (secondary N) is 1. The highest BCUT2D eigenvalue weighted by Crippen LogP contribution is 2.46. The van der Waals surface area contributed by atoms with Gasteiger partial charge < -0.3 is 19.9 Å². The van der Waals surface area contributed by atoms with Crippen molar-refractivity contribution >= 4 is 45.8 Å². The summed E-state index contributed by atoms with van der Waals surface area (Å²) in [6, 6.07) is 29.2. The number of para-hydroxylation sites is 2. The summed E-state index contributed by atoms with van der Waals surface area (Å²) in [5.41, 5.74) is 8.26. The molecule has 3 N–H and O–H groups in total. The number of aromatic nitrogens is 1. The number of nitrogens with zero attached hydrogens (tertiary/aromatic N) is 1. The Hall–Kier alpha value is -3.54. The molecule has 1 aromatic heterocycles. The van der Waals surface area contributed by atoms with E-state index in [9.17, 15) is 10.0 Å². The van der Waals surface area contributed by atoms with Crippen LogP contribution < -0.4 is 10.8 Å². The van der Waals surface area contributed by atoms with Gasteiger partial charge in [0.15, 0.2) is 0 Å². The molecule has 37 heavy (non-hydrogen) atoms. The largest absolute Gasteiger partial charge is 0.490 e. The van der Waals surface area contributed by atoms with Crippen molar-refractivity contribution in [2.24, 2.45) is 0 Å². The molecule has 5 aromatic rings. The molecule has 0 fully saturated rings. The lowest BCUT2D eigenvalue weighted by molar-refractivity contribution is 0.332. The molecule has 1 aliphatic carbocycles. The van der Waals surface area contributed by atoms with Crippen LogP contribution in [0.3, 0.4) is 0 Å². The molecule has 4 nitrogen and oxygen atoms in total. The zero-order chi connectivity index (χ0) is 25.9. The Balaban J connectivity index is 1.49. The summed E-state index contributed by atoms with van der Waals surface area (Å²) in [7, 11) is -1.58. The normalized spacial score (nSPS) is 16.1. The van der Waals surface area contributed by atoms with Crippen molar-refractivity contribution in [3.8, 4) is 5.69 Å². The second-order valence-electron chi connectivity index (χ2n) is 11.7. The van der Waals surface area contributed by atoms with Crippen LogP contribution in [-0.4, -0.2) is 21.7 Å². The van der Waals surface area contributed by atoms with Crippen LogP contribution in [0.25, 0.3) is 27.5 Å². The topological polar surface area (TPSA) is 57.4 Å². The quantitative estimate of drug-likeness (QED) is 0.251. The van der Waals surface area contributed by atoms with Crippen LogP contribution in [-0.2, 0) is 10.8 Å². The molecule has 0 saturated carbocycles. The van der Waals surface area contributed by atoms with E-state index in [0.29, 0.717) is 11.2 Å². The Morgan fingerprint density at radius 1 is 0.703 bits per heavy atom. The van der Waals surface area contributed by atoms with Crippen molar-refractivity contribution in [3.05, 3.63) is 96.1 Å². The molecule has 1 heterocycles. The van der Waals surface area contributed by atoms with Gasteiger partial charge in [0.2, 0.25) is 0 Å². The minimum atomic E-state index is -1.58. The number of rotatable bonds is 4. The molecule has 0 unspecified atom stereocenters. The van der Waals surface area contributed by atoms with Crippen LogP contribution in [0.2, 0.25) is 0 Å². The maximum atomic E-state index is 10.2. The lowest BCUT2D eigenvalue weighted by atomic mass is 9.63. The van der Waals surface area contributed by atoms with Gasteiger partial charge in [0.1, 0.15) is 0 Å². The lowest BCUT2D eigenvalue weighted by Crippen LogP contribution is -2.34. The molecule has 4 aromatic carbocycles. The fourth-order valence-corrected chi connectivity index (χ4v) is 6.04. The molecule has 6 rings (SSSR count). The van der Waals surface area contributed by atoms with Crippen LogP contribution in [0.1, 0.15) is 51.7 Å². The van der Waals surface area contributed by atoms with Crippen molar-refractivity contribution < 1.29 is 10.0 Å². The molecule has 0 spiro atoms. The fraction of sp³-hybridized carbons (Fsp3) is 0.250. The molecular formula is C32H33BN2O2. The molecule has 0 atom stereocenters. The molecule has 186 valence electrons. The first-order valence-electron chi connectivity index (χ1n) is 13.1. The van der Waals surface area contributed by atoms with Crippen LogP contribution in [0.4, 0.5) is 11.4 Å². The molecule has 0 amide bonds. The first kappa shape index (κ1) is 23.8. The van der Waals surface area contributed by atoms with E-state index in [2.05, 4.69) is 104 Å². The van der Waals surface area contributed by atoms with Crippen molar-refractivity contribution in [2.45, 2.75) is 51.4 Å². The number of benzene rings is 4. The lowest BCUT2D eigenvalue weighted by Gasteiger charge is -2.42. The van der Waals surface area contributed by atoms with E-state index in [-0.39, 0.29) is 10.8 Å². The smallest absolute Gasteiger partial charge is 0.423 e. The second kappa shape index (κ2) is 8.51. The number of hydrogen-bond donors (Lipinski definition) is 3. The van der Waals surface area contributed by atoms with Crippen molar-refractivity contribution in [1.29, 1.82) is 0 Å². The molecule has 0 saturated heterocycles. The van der Waals surface area contributed by atoms with E-state index in [1.807, 2.05) is 12.1 Å². The van der Waals surface area contributed by atoms with Crippen LogP contribution in [0, 0.1) is 0 Å². The first-order chi connectivity index (χ1) is 17.7. The van der Waals surface area contributed by atoms with Gasteiger partial charge in [-0.05, 0) is 71.2 Å². The standard InChI is InChI=1S/C32H33BN2O2/c1-31(2)17-18-32(3,4)26-19-21(13-15-25(26)31)34-28-20-22(14-16-27(28)33(36)37)35-29-11-7-5-9-23(29)24-10-6-8-12-30(24)35/h5-16,19-20,34,36-37H,17-18H2,1-4H3. The van der Waals surface area contributed by atoms with E-state index in [0.717, 1.165) is 28.8 Å². The molecule has 0 radical (unpaired) electrons. The van der Waals surface area contributed by atoms with E-state index in [1.54, 1.807) is 6.07 Å². The van der Waals surface area contributed by atoms with Gasteiger partial charge in [0.25, 0.3) is 0 Å². The zero-order valence-electron chi connectivity index (χ0n) is 21.9. The van der Waals surface area contributed by atoms with Crippen molar-refractivity contribution in [3.63, 3.8) is 0 Å². The minimum Gasteiger partial charge on any atom is -0.423 e. The van der Waals surface area contributed by atoms with E-state index < -0.39 is 7.12 Å². The Kier molecular flexibility index (Phi) is 5.48. The van der Waals surface area contributed by atoms with Gasteiger partial charge >= 0.3 is 7.12 Å². The molecule has 0 aliphatic heterocycles. The molecule has 1 aliphatic rings. The third kappa shape index (κ3) is 3.94. The SMILES string of the molecule is CC1(C)CCC(C)(C)c2cc(Nc3cc(-n4c5ccccc5c5ccccc54)ccc3B(O)O)ccc21. The van der Waals surface area contributed by atoms with Crippen molar-refractivity contribution in [1.82, 2.24) is 4.57 Å². The Labute approximate surface area is 218 Å². The molecule has 5 heteroatoms. The highest BCUT2D eigenvalue weighted by Gasteiger charge is 2.37. The van der Waals surface area contributed by atoms with Gasteiger partial charge in [-0.3, -0.25) is 0 Å². The highest BCUT2D eigenvalue weighted by molar-refractivity contribution is 6.60. The van der Waals surface area contributed by atoms with Gasteiger partial charge in [0.05, 0.1) is 11.0 Å². The molecule has 0 bridgehead atoms. The van der Waals surface area contributed by atoms with Gasteiger partial charge in [-0.2, -0.15) is 0 Å². The number of anilines is 2. The zero-order valence-corrected chi connectivity index (χ0v) is 21.9. The Morgan fingerprint density at radius 3 is 1.92 bits per heavy atom. The highest BCUT2D eigenvalue weighted by atomic mass is 16.4. The monoisotopic (exact) mass is 488 g/mol. The summed E-state index contributed by atoms with van der Waals surface area (Å²) in [5.74, 6) is 0. The maximum absolute atomic E-state index is 10.2. The summed E-state index contributed by atoms with van der Waals surface area (Å²) < 4.78 is 2.24. The van der Waals surface area contributed by atoms with Crippen molar-refractivity contribution in [2.75, 3.05) is 5.32 Å².